The van der Waals surface area contributed by atoms with Gasteiger partial charge in [-0.15, -0.1) is 0 Å². The van der Waals surface area contributed by atoms with Crippen LogP contribution in [0.4, 0.5) is 0 Å². The molecule has 1 aliphatic carbocycles. The van der Waals surface area contributed by atoms with Gasteiger partial charge in [0.2, 0.25) is 5.91 Å². The molecule has 4 rings (SSSR count). The molecule has 2 N–H and O–H groups in total. The summed E-state index contributed by atoms with van der Waals surface area (Å²) >= 11 is 0. The van der Waals surface area contributed by atoms with Gasteiger partial charge < -0.3 is 4.90 Å². The van der Waals surface area contributed by atoms with Crippen LogP contribution in [-0.2, 0) is 4.79 Å². The van der Waals surface area contributed by atoms with Crippen LogP contribution in [0.25, 0.3) is 0 Å². The van der Waals surface area contributed by atoms with Crippen molar-refractivity contribution < 1.29 is 4.79 Å². The van der Waals surface area contributed by atoms with Crippen LogP contribution < -0.4 is 10.9 Å². The highest BCUT2D eigenvalue weighted by atomic mass is 16.2. The van der Waals surface area contributed by atoms with Crippen molar-refractivity contribution in [2.75, 3.05) is 13.1 Å². The van der Waals surface area contributed by atoms with E-state index in [-0.39, 0.29) is 5.92 Å². The van der Waals surface area contributed by atoms with Gasteiger partial charge in [0.05, 0.1) is 5.92 Å². The van der Waals surface area contributed by atoms with Gasteiger partial charge in [-0.1, -0.05) is 6.07 Å². The van der Waals surface area contributed by atoms with Gasteiger partial charge in [0.1, 0.15) is 0 Å². The molecule has 5 atom stereocenters. The third kappa shape index (κ3) is 2.37. The predicted octanol–water partition coefficient (Wildman–Crippen LogP) is 1.60. The van der Waals surface area contributed by atoms with E-state index in [0.717, 1.165) is 25.2 Å². The Labute approximate surface area is 137 Å². The third-order valence-electron chi connectivity index (χ3n) is 6.18. The van der Waals surface area contributed by atoms with Crippen LogP contribution in [0.15, 0.2) is 18.3 Å². The average Bonchev–Trinajstić information content (AvgIpc) is 3.05. The van der Waals surface area contributed by atoms with Crippen LogP contribution in [-0.4, -0.2) is 41.0 Å². The number of nitrogens with zero attached hydrogens (tertiary/aromatic N) is 2. The Hall–Kier alpha value is -1.46. The molecular weight excluding hydrogens is 288 g/mol. The molecule has 124 valence electrons. The number of likely N-dealkylation sites (tertiary alicyclic amines) is 1. The lowest BCUT2D eigenvalue weighted by Crippen LogP contribution is -2.61. The zero-order valence-corrected chi connectivity index (χ0v) is 14.0. The van der Waals surface area contributed by atoms with Crippen LogP contribution in [0, 0.1) is 18.8 Å². The number of aromatic nitrogens is 1. The number of nitrogens with one attached hydrogen (secondary N) is 2. The minimum atomic E-state index is 0.118. The number of carbonyl (C=O) groups excluding carboxylic acids is 1. The molecule has 0 spiro atoms. The minimum absolute atomic E-state index is 0.118. The van der Waals surface area contributed by atoms with Gasteiger partial charge in [0.15, 0.2) is 0 Å². The first-order valence-electron chi connectivity index (χ1n) is 8.91. The zero-order valence-electron chi connectivity index (χ0n) is 14.0. The second-order valence-electron chi connectivity index (χ2n) is 7.20. The maximum Gasteiger partial charge on any atom is 0.228 e. The van der Waals surface area contributed by atoms with E-state index in [1.54, 1.807) is 0 Å². The van der Waals surface area contributed by atoms with Gasteiger partial charge in [0.25, 0.3) is 0 Å². The van der Waals surface area contributed by atoms with Crippen molar-refractivity contribution in [2.24, 2.45) is 11.8 Å². The molecule has 3 fully saturated rings. The maximum absolute atomic E-state index is 12.8. The summed E-state index contributed by atoms with van der Waals surface area (Å²) in [6.45, 7) is 5.81. The largest absolute Gasteiger partial charge is 0.339 e. The van der Waals surface area contributed by atoms with E-state index in [2.05, 4.69) is 40.6 Å². The van der Waals surface area contributed by atoms with Crippen LogP contribution >= 0.6 is 0 Å². The quantitative estimate of drug-likeness (QED) is 0.870. The van der Waals surface area contributed by atoms with Crippen molar-refractivity contribution in [3.8, 4) is 0 Å². The number of aryl methyl sites for hydroxylation is 1. The Balaban J connectivity index is 1.62. The molecule has 0 radical (unpaired) electrons. The van der Waals surface area contributed by atoms with Crippen molar-refractivity contribution in [2.45, 2.75) is 51.1 Å². The highest BCUT2D eigenvalue weighted by Gasteiger charge is 2.51. The fourth-order valence-corrected chi connectivity index (χ4v) is 5.09. The molecule has 23 heavy (non-hydrogen) atoms. The maximum atomic E-state index is 12.8. The smallest absolute Gasteiger partial charge is 0.228 e. The van der Waals surface area contributed by atoms with Crippen LogP contribution in [0.3, 0.4) is 0 Å². The first-order chi connectivity index (χ1) is 11.2. The standard InChI is InChI=1S/C18H26N4O/c1-3-22-16-9-12(13-5-4-8-19-11(13)2)6-7-14(16)17-15(18(22)23)10-20-21-17/h4-5,8,12,14-17,20-21H,3,6-7,9-10H2,1-2H3. The average molecular weight is 314 g/mol. The third-order valence-corrected chi connectivity index (χ3v) is 6.18. The van der Waals surface area contributed by atoms with Gasteiger partial charge in [-0.2, -0.15) is 0 Å². The van der Waals surface area contributed by atoms with Crippen molar-refractivity contribution in [1.29, 1.82) is 0 Å². The van der Waals surface area contributed by atoms with Crippen LogP contribution in [0.2, 0.25) is 0 Å². The van der Waals surface area contributed by atoms with E-state index in [9.17, 15) is 4.79 Å². The zero-order chi connectivity index (χ0) is 16.0. The number of rotatable bonds is 2. The first kappa shape index (κ1) is 15.1. The Morgan fingerprint density at radius 3 is 3.04 bits per heavy atom. The number of amides is 1. The Morgan fingerprint density at radius 1 is 1.39 bits per heavy atom. The lowest BCUT2D eigenvalue weighted by molar-refractivity contribution is -0.146. The molecular formula is C18H26N4O. The Morgan fingerprint density at radius 2 is 2.26 bits per heavy atom. The van der Waals surface area contributed by atoms with Crippen molar-refractivity contribution in [1.82, 2.24) is 20.7 Å². The molecule has 5 nitrogen and oxygen atoms in total. The molecule has 1 saturated carbocycles. The van der Waals surface area contributed by atoms with E-state index in [1.165, 1.54) is 18.4 Å². The second-order valence-corrected chi connectivity index (χ2v) is 7.20. The molecule has 0 aromatic carbocycles. The summed E-state index contributed by atoms with van der Waals surface area (Å²) in [7, 11) is 0. The van der Waals surface area contributed by atoms with Crippen molar-refractivity contribution in [3.05, 3.63) is 29.6 Å². The lowest BCUT2D eigenvalue weighted by Gasteiger charge is -2.50. The van der Waals surface area contributed by atoms with Crippen molar-refractivity contribution in [3.63, 3.8) is 0 Å². The molecule has 5 heteroatoms. The van der Waals surface area contributed by atoms with E-state index in [4.69, 9.17) is 0 Å². The van der Waals surface area contributed by atoms with Crippen LogP contribution in [0.5, 0.6) is 0 Å². The summed E-state index contributed by atoms with van der Waals surface area (Å²) < 4.78 is 0. The van der Waals surface area contributed by atoms with Crippen LogP contribution in [0.1, 0.15) is 43.4 Å². The summed E-state index contributed by atoms with van der Waals surface area (Å²) in [5.41, 5.74) is 9.11. The fraction of sp³-hybridized carbons (Fsp3) is 0.667. The topological polar surface area (TPSA) is 57.3 Å². The molecule has 2 aliphatic heterocycles. The normalized spacial score (nSPS) is 36.7. The van der Waals surface area contributed by atoms with E-state index in [0.29, 0.717) is 29.8 Å². The molecule has 1 aromatic heterocycles. The number of hydrazine groups is 1. The predicted molar refractivity (Wildman–Crippen MR) is 88.6 cm³/mol. The molecule has 3 aliphatic rings. The lowest BCUT2D eigenvalue weighted by atomic mass is 9.67. The molecule has 3 heterocycles. The molecule has 2 saturated heterocycles. The fourth-order valence-electron chi connectivity index (χ4n) is 5.09. The van der Waals surface area contributed by atoms with Gasteiger partial charge in [-0.3, -0.25) is 20.6 Å². The van der Waals surface area contributed by atoms with E-state index >= 15 is 0 Å². The number of piperidine rings is 1. The summed E-state index contributed by atoms with van der Waals surface area (Å²) in [6, 6.07) is 4.92. The summed E-state index contributed by atoms with van der Waals surface area (Å²) in [5, 5.41) is 0. The van der Waals surface area contributed by atoms with Gasteiger partial charge in [-0.05, 0) is 56.6 Å². The SMILES string of the molecule is CCN1C(=O)C2CNNC2C2CCC(c3cccnc3C)CC21. The molecule has 1 amide bonds. The van der Waals surface area contributed by atoms with Gasteiger partial charge in [-0.25, -0.2) is 0 Å². The summed E-state index contributed by atoms with van der Waals surface area (Å²) in [4.78, 5) is 19.5. The van der Waals surface area contributed by atoms with E-state index < -0.39 is 0 Å². The summed E-state index contributed by atoms with van der Waals surface area (Å²) in [6.07, 6.45) is 5.32. The molecule has 5 unspecified atom stereocenters. The molecule has 1 aromatic rings. The van der Waals surface area contributed by atoms with Gasteiger partial charge in [0, 0.05) is 37.1 Å². The Bertz CT molecular complexity index is 604. The van der Waals surface area contributed by atoms with Gasteiger partial charge >= 0.3 is 0 Å². The number of pyridine rings is 1. The highest BCUT2D eigenvalue weighted by Crippen LogP contribution is 2.44. The second kappa shape index (κ2) is 5.87. The number of hydrogen-bond donors (Lipinski definition) is 2. The van der Waals surface area contributed by atoms with Crippen molar-refractivity contribution >= 4 is 5.91 Å². The highest BCUT2D eigenvalue weighted by molar-refractivity contribution is 5.81. The number of fused-ring (bicyclic) bond motifs is 3. The summed E-state index contributed by atoms with van der Waals surface area (Å²) in [5.74, 6) is 1.55. The number of carbonyl (C=O) groups is 1. The first-order valence-corrected chi connectivity index (χ1v) is 8.91. The minimum Gasteiger partial charge on any atom is -0.339 e. The van der Waals surface area contributed by atoms with E-state index in [1.807, 2.05) is 12.3 Å². The monoisotopic (exact) mass is 314 g/mol. The number of hydrogen-bond acceptors (Lipinski definition) is 4. The molecule has 0 bridgehead atoms. The Kier molecular flexibility index (Phi) is 3.85.